The van der Waals surface area contributed by atoms with Crippen molar-refractivity contribution >= 4 is 64.2 Å². The maximum atomic E-state index is 10.9. The lowest BCUT2D eigenvalue weighted by Crippen LogP contribution is -2.33. The smallest absolute Gasteiger partial charge is 0.357 e. The van der Waals surface area contributed by atoms with E-state index in [9.17, 15) is 47.9 Å². The van der Waals surface area contributed by atoms with Gasteiger partial charge in [0.2, 0.25) is 5.91 Å². The molecule has 10 N–H and O–H groups in total. The molecule has 0 spiro atoms. The van der Waals surface area contributed by atoms with Gasteiger partial charge in [-0.25, -0.2) is 19.7 Å². The fraction of sp³-hybridized carbons (Fsp3) is 0.577. The van der Waals surface area contributed by atoms with E-state index in [1.54, 1.807) is 6.08 Å². The van der Waals surface area contributed by atoms with E-state index in [1.165, 1.54) is 24.5 Å². The Morgan fingerprint density at radius 2 is 1.30 bits per heavy atom. The number of urea groups is 1. The van der Waals surface area contributed by atoms with E-state index in [2.05, 4.69) is 114 Å². The third kappa shape index (κ3) is 27.5. The lowest BCUT2D eigenvalue weighted by atomic mass is 10.0. The SMILES string of the molecule is CC(C)C1=CC(=O)CN1.CC(C)C1=CC(=O)NC1=O.CC(C)C1NC(=O)NC1=O.CC(C)C1SC(=O)NC1=O.CC(C)c1cc(=O)[nH]o1.CC(C)c1cc(=O)o[nH]1.CC(C)c1ncn[nH]1.CC(C)c1nn[nH]n1.CC(C)c1ns[nH]c1=O. The molecule has 5 aromatic heterocycles. The molecule has 4 aliphatic heterocycles. The van der Waals surface area contributed by atoms with E-state index in [-0.39, 0.29) is 98.3 Å². The van der Waals surface area contributed by atoms with Crippen LogP contribution in [0.15, 0.2) is 65.3 Å². The highest BCUT2D eigenvalue weighted by atomic mass is 32.2. The second-order valence-corrected chi connectivity index (χ2v) is 22.7. The topological polar surface area (TPSA) is 413 Å². The number of rotatable bonds is 9. The number of carbonyl (C=O) groups is 7. The summed E-state index contributed by atoms with van der Waals surface area (Å²) in [5, 5.41) is 36.2. The van der Waals surface area contributed by atoms with E-state index < -0.39 is 0 Å². The number of allylic oxidation sites excluding steroid dienone is 1. The highest BCUT2D eigenvalue weighted by molar-refractivity contribution is 8.15. The molecular formula is C52H82N16O12S2. The van der Waals surface area contributed by atoms with Crippen molar-refractivity contribution in [1.82, 2.24) is 81.4 Å². The summed E-state index contributed by atoms with van der Waals surface area (Å²) in [5.74, 6) is 4.35. The molecule has 82 heavy (non-hydrogen) atoms. The van der Waals surface area contributed by atoms with Gasteiger partial charge >= 0.3 is 11.7 Å². The van der Waals surface area contributed by atoms with Crippen LogP contribution in [0.1, 0.15) is 183 Å². The number of hydrogen-bond acceptors (Lipinski definition) is 21. The first kappa shape index (κ1) is 72.1. The molecule has 454 valence electrons. The highest BCUT2D eigenvalue weighted by Crippen LogP contribution is 2.25. The number of hydrogen-bond donors (Lipinski definition) is 10. The number of amides is 7. The van der Waals surface area contributed by atoms with E-state index in [0.717, 1.165) is 46.5 Å². The lowest BCUT2D eigenvalue weighted by molar-refractivity contribution is -0.124. The Morgan fingerprint density at radius 1 is 0.646 bits per heavy atom. The van der Waals surface area contributed by atoms with Crippen molar-refractivity contribution in [2.24, 2.45) is 23.7 Å². The highest BCUT2D eigenvalue weighted by Gasteiger charge is 2.34. The number of carbonyl (C=O) groups excluding carboxylic acids is 7. The van der Waals surface area contributed by atoms with Gasteiger partial charge in [-0.3, -0.25) is 63.8 Å². The zero-order chi connectivity index (χ0) is 62.6. The molecule has 2 atom stereocenters. The Bertz CT molecular complexity index is 2860. The number of aromatic nitrogens is 11. The normalized spacial score (nSPS) is 15.8. The summed E-state index contributed by atoms with van der Waals surface area (Å²) >= 11 is 2.19. The van der Waals surface area contributed by atoms with Crippen LogP contribution in [-0.4, -0.2) is 113 Å². The van der Waals surface area contributed by atoms with Crippen molar-refractivity contribution in [3.63, 3.8) is 0 Å². The van der Waals surface area contributed by atoms with Crippen molar-refractivity contribution in [3.8, 4) is 0 Å². The second kappa shape index (κ2) is 36.5. The molecule has 9 heterocycles. The number of H-pyrrole nitrogens is 5. The molecule has 28 nitrogen and oxygen atoms in total. The first-order valence-electron chi connectivity index (χ1n) is 26.4. The number of tetrazole rings is 1. The van der Waals surface area contributed by atoms with Crippen molar-refractivity contribution in [1.29, 1.82) is 0 Å². The van der Waals surface area contributed by atoms with Crippen LogP contribution in [0.3, 0.4) is 0 Å². The Balaban J connectivity index is 0.000000462. The van der Waals surface area contributed by atoms with Gasteiger partial charge in [0.15, 0.2) is 11.6 Å². The average molecular weight is 1190 g/mol. The molecule has 0 saturated carbocycles. The molecule has 7 amide bonds. The first-order valence-corrected chi connectivity index (χ1v) is 28.1. The minimum atomic E-state index is -0.385. The van der Waals surface area contributed by atoms with Crippen LogP contribution < -0.4 is 43.3 Å². The summed E-state index contributed by atoms with van der Waals surface area (Å²) in [6, 6.07) is 2.20. The van der Waals surface area contributed by atoms with Crippen LogP contribution in [-0.2, 0) is 24.0 Å². The third-order valence-corrected chi connectivity index (χ3v) is 12.7. The molecule has 30 heteroatoms. The van der Waals surface area contributed by atoms with Gasteiger partial charge in [0.25, 0.3) is 34.1 Å². The molecule has 2 unspecified atom stereocenters. The van der Waals surface area contributed by atoms with Crippen LogP contribution in [0.2, 0.25) is 0 Å². The van der Waals surface area contributed by atoms with Crippen LogP contribution in [0.25, 0.3) is 0 Å². The minimum absolute atomic E-state index is 0.0463. The standard InChI is InChI=1S/C7H9NO2.C7H11NO.C6H10N2O2.C6H9NO2S.2C6H9NO2.C5H9N3.C5H8N2OS.C4H8N4/c1-4(2)5-3-6(9)8-7(5)10;1-5(2)7-3-6(9)4-8-7;1-3(2)4-5(9)8-6(10)7-4;1-3(2)4-5(8)7-6(9)10-4;1-4(2)5-3-6(8)7-9-5;1-4(2)5-3-6(8)9-7-5;1-4(2)5-6-3-7-8-5;1-3(2)4-5(8)7-9-6-4;1-3(2)4-5-7-8-6-4/h3-4H,1-2H3,(H,8,9,10);3,5,8H,4H2,1-2H3;3-4H,1-2H3,(H2,7,8,9,10);3-4H,1-2H3,(H,7,8,9);3-4H,1-2H3,(H,7,8);3-4,7H,1-2H3;3-4H,1-2H3,(H,6,7,8);3H,1-2H3,(H,7,8);3H,1-2H3,(H,5,6,7,8). The number of imide groups is 3. The molecule has 0 aromatic carbocycles. The van der Waals surface area contributed by atoms with E-state index >= 15 is 0 Å². The predicted octanol–water partition coefficient (Wildman–Crippen LogP) is 6.16. The third-order valence-electron chi connectivity index (χ3n) is 10.8. The largest absolute Gasteiger partial charge is 0.383 e. The van der Waals surface area contributed by atoms with Crippen molar-refractivity contribution < 1.29 is 42.6 Å². The number of thioether (sulfide) groups is 1. The zero-order valence-electron chi connectivity index (χ0n) is 49.8. The van der Waals surface area contributed by atoms with Crippen molar-refractivity contribution in [2.45, 2.75) is 166 Å². The molecule has 2 saturated heterocycles. The van der Waals surface area contributed by atoms with Crippen LogP contribution in [0.5, 0.6) is 0 Å². The quantitative estimate of drug-likeness (QED) is 0.0583. The summed E-state index contributed by atoms with van der Waals surface area (Å²) in [6.07, 6.45) is 4.56. The Kier molecular flexibility index (Phi) is 32.1. The van der Waals surface area contributed by atoms with Gasteiger partial charge in [-0.15, -0.1) is 10.2 Å². The molecule has 4 aliphatic rings. The van der Waals surface area contributed by atoms with Gasteiger partial charge in [0.1, 0.15) is 29.6 Å². The van der Waals surface area contributed by atoms with Crippen molar-refractivity contribution in [3.05, 3.63) is 102 Å². The zero-order valence-corrected chi connectivity index (χ0v) is 51.5. The van der Waals surface area contributed by atoms with E-state index in [0.29, 0.717) is 47.2 Å². The maximum Gasteiger partial charge on any atom is 0.357 e. The van der Waals surface area contributed by atoms with Gasteiger partial charge in [-0.05, 0) is 29.6 Å². The minimum Gasteiger partial charge on any atom is -0.383 e. The molecule has 9 rings (SSSR count). The summed E-state index contributed by atoms with van der Waals surface area (Å²) in [6.45, 7) is 36.0. The van der Waals surface area contributed by atoms with E-state index in [4.69, 9.17) is 4.52 Å². The number of aromatic amines is 5. The van der Waals surface area contributed by atoms with Crippen molar-refractivity contribution in [2.75, 3.05) is 6.54 Å². The van der Waals surface area contributed by atoms with Gasteiger partial charge in [0, 0.05) is 71.0 Å². The number of nitrogens with one attached hydrogen (secondary N) is 10. The molecular weight excluding hydrogens is 1100 g/mol. The summed E-state index contributed by atoms with van der Waals surface area (Å²) in [7, 11) is 0. The fourth-order valence-electron chi connectivity index (χ4n) is 6.05. The second-order valence-electron chi connectivity index (χ2n) is 21.0. The van der Waals surface area contributed by atoms with Crippen LogP contribution >= 0.6 is 23.5 Å². The van der Waals surface area contributed by atoms with Crippen LogP contribution in [0, 0.1) is 23.7 Å². The molecule has 0 aliphatic carbocycles. The first-order chi connectivity index (χ1) is 38.2. The van der Waals surface area contributed by atoms with Gasteiger partial charge in [-0.2, -0.15) is 19.8 Å². The summed E-state index contributed by atoms with van der Waals surface area (Å²) in [5.41, 5.74) is 2.61. The van der Waals surface area contributed by atoms with Gasteiger partial charge < -0.3 is 19.7 Å². The maximum absolute atomic E-state index is 10.9. The molecule has 5 aromatic rings. The fourth-order valence-corrected chi connectivity index (χ4v) is 7.50. The average Bonchev–Trinajstić information content (AvgIpc) is 4.22. The molecule has 0 radical (unpaired) electrons. The van der Waals surface area contributed by atoms with E-state index in [1.807, 2.05) is 96.9 Å². The monoisotopic (exact) mass is 1190 g/mol. The summed E-state index contributed by atoms with van der Waals surface area (Å²) in [4.78, 5) is 110. The molecule has 0 bridgehead atoms. The Labute approximate surface area is 483 Å². The van der Waals surface area contributed by atoms with Crippen LogP contribution in [0.4, 0.5) is 9.59 Å². The summed E-state index contributed by atoms with van der Waals surface area (Å²) < 4.78 is 15.6. The lowest BCUT2D eigenvalue weighted by Gasteiger charge is -2.09. The van der Waals surface area contributed by atoms with Gasteiger partial charge in [-0.1, -0.05) is 142 Å². The Morgan fingerprint density at radius 3 is 1.52 bits per heavy atom. The number of nitrogens with zero attached hydrogens (tertiary/aromatic N) is 6. The predicted molar refractivity (Wildman–Crippen MR) is 309 cm³/mol. The van der Waals surface area contributed by atoms with Gasteiger partial charge in [0.05, 0.1) is 17.5 Å². The Hall–Kier alpha value is -7.89. The molecule has 2 fully saturated rings. The number of ketones is 1.